The van der Waals surface area contributed by atoms with E-state index in [1.54, 1.807) is 0 Å². The molecule has 2 aromatic rings. The van der Waals surface area contributed by atoms with Gasteiger partial charge in [-0.1, -0.05) is 29.8 Å². The molecule has 0 radical (unpaired) electrons. The largest absolute Gasteiger partial charge is 0.493 e. The highest BCUT2D eigenvalue weighted by Gasteiger charge is 2.25. The molecule has 1 saturated heterocycles. The van der Waals surface area contributed by atoms with Crippen molar-refractivity contribution in [1.82, 2.24) is 4.90 Å². The highest BCUT2D eigenvalue weighted by atomic mass is 19.1. The number of carbonyl (C=O) groups excluding carboxylic acids is 1. The first-order valence-electron chi connectivity index (χ1n) is 11.7. The lowest BCUT2D eigenvalue weighted by Gasteiger charge is -2.23. The molecule has 4 nitrogen and oxygen atoms in total. The number of hydrogen-bond donors (Lipinski definition) is 0. The number of carbonyl (C=O) groups is 1. The lowest BCUT2D eigenvalue weighted by atomic mass is 9.93. The molecule has 0 aromatic heterocycles. The molecule has 3 rings (SSSR count). The molecule has 0 amide bonds. The van der Waals surface area contributed by atoms with Crippen LogP contribution >= 0.6 is 0 Å². The van der Waals surface area contributed by atoms with E-state index in [0.29, 0.717) is 32.4 Å². The standard InChI is InChI=1S/C27H36FNO3/c1-20(2)32-27-10-6-22(7-11-27)16-23(18-29-14-12-24(28)19-29)17-25(30)13-15-31-26-8-4-21(3)5-9-26/h4-11,20,23-24H,12-19H2,1-3H3. The number of ether oxygens (including phenoxy) is 2. The molecule has 1 heterocycles. The molecule has 0 aliphatic carbocycles. The van der Waals surface area contributed by atoms with E-state index in [2.05, 4.69) is 17.0 Å². The zero-order valence-electron chi connectivity index (χ0n) is 19.6. The fourth-order valence-electron chi connectivity index (χ4n) is 4.17. The van der Waals surface area contributed by atoms with Crippen LogP contribution in [0, 0.1) is 12.8 Å². The monoisotopic (exact) mass is 441 g/mol. The summed E-state index contributed by atoms with van der Waals surface area (Å²) in [6.45, 7) is 8.41. The van der Waals surface area contributed by atoms with Gasteiger partial charge in [0.1, 0.15) is 23.5 Å². The molecule has 0 bridgehead atoms. The fraction of sp³-hybridized carbons (Fsp3) is 0.519. The second kappa shape index (κ2) is 12.0. The van der Waals surface area contributed by atoms with Gasteiger partial charge in [0.2, 0.25) is 0 Å². The zero-order valence-corrected chi connectivity index (χ0v) is 19.6. The second-order valence-corrected chi connectivity index (χ2v) is 9.18. The van der Waals surface area contributed by atoms with E-state index in [9.17, 15) is 9.18 Å². The first-order valence-corrected chi connectivity index (χ1v) is 11.7. The van der Waals surface area contributed by atoms with Gasteiger partial charge in [0.15, 0.2) is 0 Å². The summed E-state index contributed by atoms with van der Waals surface area (Å²) < 4.78 is 25.1. The van der Waals surface area contributed by atoms with Crippen molar-refractivity contribution in [3.63, 3.8) is 0 Å². The molecule has 0 saturated carbocycles. The summed E-state index contributed by atoms with van der Waals surface area (Å²) in [7, 11) is 0. The molecule has 5 heteroatoms. The van der Waals surface area contributed by atoms with Crippen molar-refractivity contribution in [2.45, 2.75) is 58.7 Å². The minimum absolute atomic E-state index is 0.136. The van der Waals surface area contributed by atoms with Crippen molar-refractivity contribution in [3.8, 4) is 11.5 Å². The van der Waals surface area contributed by atoms with Crippen LogP contribution in [-0.4, -0.2) is 49.2 Å². The van der Waals surface area contributed by atoms with Crippen molar-refractivity contribution in [1.29, 1.82) is 0 Å². The van der Waals surface area contributed by atoms with Crippen LogP contribution in [0.2, 0.25) is 0 Å². The Morgan fingerprint density at radius 1 is 1.09 bits per heavy atom. The predicted octanol–water partition coefficient (Wildman–Crippen LogP) is 5.41. The Hall–Kier alpha value is -2.40. The van der Waals surface area contributed by atoms with E-state index in [0.717, 1.165) is 31.0 Å². The molecule has 1 aliphatic heterocycles. The Labute approximate surface area is 191 Å². The number of benzene rings is 2. The van der Waals surface area contributed by atoms with Gasteiger partial charge in [-0.15, -0.1) is 0 Å². The summed E-state index contributed by atoms with van der Waals surface area (Å²) >= 11 is 0. The highest BCUT2D eigenvalue weighted by Crippen LogP contribution is 2.22. The van der Waals surface area contributed by atoms with Crippen LogP contribution in [-0.2, 0) is 11.2 Å². The molecule has 32 heavy (non-hydrogen) atoms. The van der Waals surface area contributed by atoms with Crippen molar-refractivity contribution in [2.24, 2.45) is 5.92 Å². The SMILES string of the molecule is Cc1ccc(OCCC(=O)CC(Cc2ccc(OC(C)C)cc2)CN2CCC(F)C2)cc1. The van der Waals surface area contributed by atoms with Gasteiger partial charge in [0.25, 0.3) is 0 Å². The maximum absolute atomic E-state index is 13.7. The number of nitrogens with zero attached hydrogens (tertiary/aromatic N) is 1. The van der Waals surface area contributed by atoms with E-state index in [1.165, 1.54) is 11.1 Å². The third-order valence-electron chi connectivity index (χ3n) is 5.74. The minimum Gasteiger partial charge on any atom is -0.493 e. The number of aryl methyl sites for hydroxylation is 1. The van der Waals surface area contributed by atoms with Crippen LogP contribution in [0.3, 0.4) is 0 Å². The smallest absolute Gasteiger partial charge is 0.136 e. The lowest BCUT2D eigenvalue weighted by molar-refractivity contribution is -0.120. The maximum atomic E-state index is 13.7. The van der Waals surface area contributed by atoms with E-state index < -0.39 is 6.17 Å². The van der Waals surface area contributed by atoms with Gasteiger partial charge in [0.05, 0.1) is 12.7 Å². The van der Waals surface area contributed by atoms with Gasteiger partial charge in [-0.25, -0.2) is 4.39 Å². The maximum Gasteiger partial charge on any atom is 0.136 e. The lowest BCUT2D eigenvalue weighted by Crippen LogP contribution is -2.30. The number of alkyl halides is 1. The number of hydrogen-bond acceptors (Lipinski definition) is 4. The van der Waals surface area contributed by atoms with Gasteiger partial charge < -0.3 is 14.4 Å². The van der Waals surface area contributed by atoms with E-state index in [-0.39, 0.29) is 17.8 Å². The number of halogens is 1. The number of Topliss-reactive ketones (excluding diaryl/α,β-unsaturated/α-hetero) is 1. The van der Waals surface area contributed by atoms with Crippen LogP contribution in [0.1, 0.15) is 44.2 Å². The summed E-state index contributed by atoms with van der Waals surface area (Å²) in [5.41, 5.74) is 2.35. The zero-order chi connectivity index (χ0) is 22.9. The summed E-state index contributed by atoms with van der Waals surface area (Å²) in [6, 6.07) is 16.0. The molecule has 1 fully saturated rings. The van der Waals surface area contributed by atoms with Crippen LogP contribution < -0.4 is 9.47 Å². The first kappa shape index (κ1) is 24.2. The van der Waals surface area contributed by atoms with Crippen LogP contribution in [0.5, 0.6) is 11.5 Å². The first-order chi connectivity index (χ1) is 15.4. The Morgan fingerprint density at radius 2 is 1.78 bits per heavy atom. The van der Waals surface area contributed by atoms with Gasteiger partial charge in [-0.05, 0) is 69.4 Å². The Kier molecular flexibility index (Phi) is 9.10. The molecule has 2 atom stereocenters. The molecule has 174 valence electrons. The normalized spacial score (nSPS) is 17.5. The summed E-state index contributed by atoms with van der Waals surface area (Å²) in [4.78, 5) is 14.9. The average Bonchev–Trinajstić information content (AvgIpc) is 3.15. The van der Waals surface area contributed by atoms with Crippen LogP contribution in [0.4, 0.5) is 4.39 Å². The van der Waals surface area contributed by atoms with Crippen LogP contribution in [0.15, 0.2) is 48.5 Å². The van der Waals surface area contributed by atoms with Crippen LogP contribution in [0.25, 0.3) is 0 Å². The summed E-state index contributed by atoms with van der Waals surface area (Å²) in [5.74, 6) is 1.99. The van der Waals surface area contributed by atoms with Gasteiger partial charge in [-0.2, -0.15) is 0 Å². The van der Waals surface area contributed by atoms with E-state index >= 15 is 0 Å². The Morgan fingerprint density at radius 3 is 2.41 bits per heavy atom. The topological polar surface area (TPSA) is 38.8 Å². The van der Waals surface area contributed by atoms with Crippen molar-refractivity contribution in [3.05, 3.63) is 59.7 Å². The Bertz CT molecular complexity index is 835. The number of likely N-dealkylation sites (tertiary alicyclic amines) is 1. The van der Waals surface area contributed by atoms with Gasteiger partial charge >= 0.3 is 0 Å². The molecule has 1 aliphatic rings. The number of ketones is 1. The average molecular weight is 442 g/mol. The van der Waals surface area contributed by atoms with E-state index in [4.69, 9.17) is 9.47 Å². The van der Waals surface area contributed by atoms with Gasteiger partial charge in [-0.3, -0.25) is 4.79 Å². The van der Waals surface area contributed by atoms with Crippen molar-refractivity contribution in [2.75, 3.05) is 26.2 Å². The van der Waals surface area contributed by atoms with Crippen molar-refractivity contribution < 1.29 is 18.7 Å². The fourth-order valence-corrected chi connectivity index (χ4v) is 4.17. The highest BCUT2D eigenvalue weighted by molar-refractivity contribution is 5.78. The number of rotatable bonds is 12. The molecular weight excluding hydrogens is 405 g/mol. The third kappa shape index (κ3) is 8.27. The quantitative estimate of drug-likeness (QED) is 0.441. The molecule has 2 unspecified atom stereocenters. The van der Waals surface area contributed by atoms with Crippen molar-refractivity contribution >= 4 is 5.78 Å². The molecule has 2 aromatic carbocycles. The molecular formula is C27H36FNO3. The second-order valence-electron chi connectivity index (χ2n) is 9.18. The Balaban J connectivity index is 1.54. The third-order valence-corrected chi connectivity index (χ3v) is 5.74. The molecule has 0 spiro atoms. The predicted molar refractivity (Wildman–Crippen MR) is 126 cm³/mol. The van der Waals surface area contributed by atoms with Gasteiger partial charge in [0, 0.05) is 32.5 Å². The summed E-state index contributed by atoms with van der Waals surface area (Å²) in [6.07, 6.45) is 1.64. The summed E-state index contributed by atoms with van der Waals surface area (Å²) in [5, 5.41) is 0. The molecule has 0 N–H and O–H groups in total. The van der Waals surface area contributed by atoms with E-state index in [1.807, 2.05) is 57.2 Å². The minimum atomic E-state index is -0.748.